The monoisotopic (exact) mass is 399 g/mol. The molecule has 1 rings (SSSR count). The van der Waals surface area contributed by atoms with Gasteiger partial charge in [0.05, 0.1) is 0 Å². The van der Waals surface area contributed by atoms with E-state index in [0.29, 0.717) is 11.4 Å². The summed E-state index contributed by atoms with van der Waals surface area (Å²) in [7, 11) is 0. The molecule has 2 nitrogen and oxygen atoms in total. The van der Waals surface area contributed by atoms with Gasteiger partial charge in [-0.25, -0.2) is 0 Å². The van der Waals surface area contributed by atoms with Crippen molar-refractivity contribution < 1.29 is 45.9 Å². The normalized spacial score (nSPS) is 7.54. The summed E-state index contributed by atoms with van der Waals surface area (Å²) < 4.78 is 0. The third kappa shape index (κ3) is 4.75. The van der Waals surface area contributed by atoms with Gasteiger partial charge in [0.2, 0.25) is 0 Å². The molecule has 0 bridgehead atoms. The Hall–Kier alpha value is 0.0883. The number of halogens is 2. The maximum atomic E-state index is 7.27. The molecule has 1 aromatic rings. The molecule has 76 valence electrons. The van der Waals surface area contributed by atoms with Gasteiger partial charge in [-0.2, -0.15) is 11.4 Å². The van der Waals surface area contributed by atoms with Crippen LogP contribution < -0.4 is 24.8 Å². The first-order valence-electron chi connectivity index (χ1n) is 3.15. The largest absolute Gasteiger partial charge is 4.00 e. The minimum absolute atomic E-state index is 0. The zero-order valence-electron chi connectivity index (χ0n) is 7.23. The summed E-state index contributed by atoms with van der Waals surface area (Å²) >= 11 is 0. The van der Waals surface area contributed by atoms with Crippen molar-refractivity contribution in [3.05, 3.63) is 34.7 Å². The van der Waals surface area contributed by atoms with Crippen LogP contribution in [0.15, 0.2) is 12.1 Å². The molecule has 0 fully saturated rings. The van der Waals surface area contributed by atoms with Crippen molar-refractivity contribution in [2.24, 2.45) is 0 Å². The SMILES string of the molecule is Cc1cc([NH-])c([NH-])cc1C.[Cl-].[Cl-].[Pt+4]. The summed E-state index contributed by atoms with van der Waals surface area (Å²) in [5.41, 5.74) is 17.3. The van der Waals surface area contributed by atoms with Crippen molar-refractivity contribution >= 4 is 11.4 Å². The molecule has 0 aliphatic rings. The Morgan fingerprint density at radius 3 is 1.31 bits per heavy atom. The number of hydrogen-bond donors (Lipinski definition) is 0. The number of hydrogen-bond acceptors (Lipinski definition) is 0. The van der Waals surface area contributed by atoms with Crippen LogP contribution >= 0.6 is 0 Å². The third-order valence-electron chi connectivity index (χ3n) is 1.63. The van der Waals surface area contributed by atoms with E-state index in [0.717, 1.165) is 11.1 Å². The molecule has 1 aromatic carbocycles. The Balaban J connectivity index is -0.000000333. The van der Waals surface area contributed by atoms with E-state index < -0.39 is 0 Å². The second-order valence-electron chi connectivity index (χ2n) is 2.48. The van der Waals surface area contributed by atoms with Gasteiger partial charge >= 0.3 is 21.1 Å². The fraction of sp³-hybridized carbons (Fsp3) is 0.250. The Labute approximate surface area is 106 Å². The smallest absolute Gasteiger partial charge is 1.00 e. The summed E-state index contributed by atoms with van der Waals surface area (Å²) in [6.45, 7) is 3.90. The molecule has 0 saturated carbocycles. The van der Waals surface area contributed by atoms with Crippen molar-refractivity contribution in [2.45, 2.75) is 13.8 Å². The fourth-order valence-corrected chi connectivity index (χ4v) is 0.816. The molecule has 2 N–H and O–H groups in total. The van der Waals surface area contributed by atoms with Crippen LogP contribution in [-0.2, 0) is 21.1 Å². The maximum Gasteiger partial charge on any atom is 4.00 e. The summed E-state index contributed by atoms with van der Waals surface area (Å²) in [6.07, 6.45) is 0. The van der Waals surface area contributed by atoms with Gasteiger partial charge in [0.1, 0.15) is 0 Å². The predicted molar refractivity (Wildman–Crippen MR) is 43.9 cm³/mol. The van der Waals surface area contributed by atoms with Crippen LogP contribution in [-0.4, -0.2) is 0 Å². The Kier molecular flexibility index (Phi) is 10.8. The molecule has 0 aromatic heterocycles. The van der Waals surface area contributed by atoms with Crippen molar-refractivity contribution in [3.63, 3.8) is 0 Å². The first kappa shape index (κ1) is 18.8. The van der Waals surface area contributed by atoms with E-state index in [1.165, 1.54) is 0 Å². The molecular weight excluding hydrogens is 390 g/mol. The standard InChI is InChI=1S/C8H10N2.2ClH.Pt/c1-5-3-7(9)8(10)4-6(5)2;;;/h3-4,9-10H,1-2H3;2*1H;/q-2;;;+4/p-2. The second-order valence-corrected chi connectivity index (χ2v) is 2.48. The Bertz CT molecular complexity index is 216. The molecule has 0 spiro atoms. The average molecular weight is 400 g/mol. The van der Waals surface area contributed by atoms with Crippen LogP contribution in [0.1, 0.15) is 11.1 Å². The molecule has 0 saturated heterocycles. The molecule has 0 heterocycles. The molecule has 0 atom stereocenters. The van der Waals surface area contributed by atoms with E-state index >= 15 is 0 Å². The molecule has 0 radical (unpaired) electrons. The van der Waals surface area contributed by atoms with Gasteiger partial charge in [0.15, 0.2) is 0 Å². The van der Waals surface area contributed by atoms with E-state index in [1.54, 1.807) is 12.1 Å². The first-order valence-corrected chi connectivity index (χ1v) is 3.15. The molecule has 13 heavy (non-hydrogen) atoms. The zero-order chi connectivity index (χ0) is 7.72. The van der Waals surface area contributed by atoms with Crippen LogP contribution in [0.4, 0.5) is 11.4 Å². The third-order valence-corrected chi connectivity index (χ3v) is 1.63. The molecule has 0 unspecified atom stereocenters. The van der Waals surface area contributed by atoms with Crippen LogP contribution in [0.5, 0.6) is 0 Å². The molecule has 0 aliphatic heterocycles. The van der Waals surface area contributed by atoms with E-state index in [4.69, 9.17) is 11.5 Å². The number of rotatable bonds is 0. The summed E-state index contributed by atoms with van der Waals surface area (Å²) in [5.74, 6) is 0. The van der Waals surface area contributed by atoms with Gasteiger partial charge in [-0.3, -0.25) is 0 Å². The van der Waals surface area contributed by atoms with Crippen LogP contribution in [0.25, 0.3) is 11.5 Å². The Morgan fingerprint density at radius 2 is 1.08 bits per heavy atom. The second kappa shape index (κ2) is 7.49. The van der Waals surface area contributed by atoms with Crippen molar-refractivity contribution in [2.75, 3.05) is 0 Å². The van der Waals surface area contributed by atoms with Crippen molar-refractivity contribution in [1.82, 2.24) is 0 Å². The predicted octanol–water partition coefficient (Wildman–Crippen LogP) is -2.32. The maximum absolute atomic E-state index is 7.27. The topological polar surface area (TPSA) is 47.6 Å². The minimum Gasteiger partial charge on any atom is -1.00 e. The van der Waals surface area contributed by atoms with Gasteiger partial charge in [0, 0.05) is 0 Å². The van der Waals surface area contributed by atoms with Gasteiger partial charge in [-0.1, -0.05) is 12.1 Å². The fourth-order valence-electron chi connectivity index (χ4n) is 0.816. The Morgan fingerprint density at radius 1 is 0.846 bits per heavy atom. The molecule has 5 heteroatoms. The molecular formula is C8H10Cl2N2Pt. The quantitative estimate of drug-likeness (QED) is 0.470. The minimum atomic E-state index is 0. The van der Waals surface area contributed by atoms with Gasteiger partial charge < -0.3 is 36.3 Å². The zero-order valence-corrected chi connectivity index (χ0v) is 11.0. The number of benzene rings is 1. The van der Waals surface area contributed by atoms with E-state index in [9.17, 15) is 0 Å². The summed E-state index contributed by atoms with van der Waals surface area (Å²) in [5, 5.41) is 0. The van der Waals surface area contributed by atoms with Gasteiger partial charge in [0.25, 0.3) is 0 Å². The van der Waals surface area contributed by atoms with Crippen LogP contribution in [0.3, 0.4) is 0 Å². The first-order chi connectivity index (χ1) is 4.61. The van der Waals surface area contributed by atoms with Crippen LogP contribution in [0.2, 0.25) is 0 Å². The van der Waals surface area contributed by atoms with Gasteiger partial charge in [-0.05, 0) is 25.0 Å². The van der Waals surface area contributed by atoms with E-state index in [1.807, 2.05) is 13.8 Å². The average Bonchev–Trinajstić information content (AvgIpc) is 1.84. The van der Waals surface area contributed by atoms with E-state index in [-0.39, 0.29) is 45.9 Å². The van der Waals surface area contributed by atoms with Crippen LogP contribution in [0, 0.1) is 13.8 Å². The summed E-state index contributed by atoms with van der Waals surface area (Å²) in [4.78, 5) is 0. The molecule has 0 aliphatic carbocycles. The molecule has 0 amide bonds. The van der Waals surface area contributed by atoms with Crippen molar-refractivity contribution in [3.8, 4) is 0 Å². The van der Waals surface area contributed by atoms with Crippen molar-refractivity contribution in [1.29, 1.82) is 0 Å². The van der Waals surface area contributed by atoms with E-state index in [2.05, 4.69) is 0 Å². The summed E-state index contributed by atoms with van der Waals surface area (Å²) in [6, 6.07) is 3.44. The number of nitrogens with one attached hydrogen (secondary N) is 2. The number of aryl methyl sites for hydroxylation is 2. The van der Waals surface area contributed by atoms with Gasteiger partial charge in [-0.15, -0.1) is 0 Å².